The topological polar surface area (TPSA) is 46.6 Å². The van der Waals surface area contributed by atoms with E-state index in [1.54, 1.807) is 13.8 Å². The number of ether oxygens (including phenoxy) is 1. The number of rotatable bonds is 2. The van der Waals surface area contributed by atoms with Gasteiger partial charge in [0.1, 0.15) is 6.10 Å². The van der Waals surface area contributed by atoms with Gasteiger partial charge in [-0.2, -0.15) is 0 Å². The largest absolute Gasteiger partial charge is 0.439 e. The fourth-order valence-electron chi connectivity index (χ4n) is 2.03. The number of amides is 2. The molecule has 0 aliphatic carbocycles. The zero-order chi connectivity index (χ0) is 13.3. The van der Waals surface area contributed by atoms with Crippen molar-refractivity contribution in [1.29, 1.82) is 0 Å². The molecule has 0 N–H and O–H groups in total. The molecule has 2 amide bonds. The third-order valence-corrected chi connectivity index (χ3v) is 2.98. The maximum absolute atomic E-state index is 11.9. The number of imide groups is 1. The van der Waals surface area contributed by atoms with Gasteiger partial charge >= 0.3 is 6.09 Å². The van der Waals surface area contributed by atoms with Gasteiger partial charge in [-0.25, -0.2) is 9.69 Å². The molecular formula is C14H15NO3. The molecule has 0 spiro atoms. The highest BCUT2D eigenvalue weighted by atomic mass is 16.6. The van der Waals surface area contributed by atoms with Crippen molar-refractivity contribution < 1.29 is 14.3 Å². The van der Waals surface area contributed by atoms with Crippen LogP contribution >= 0.6 is 0 Å². The fraction of sp³-hybridized carbons (Fsp3) is 0.286. The zero-order valence-corrected chi connectivity index (χ0v) is 10.4. The average molecular weight is 245 g/mol. The molecule has 1 aliphatic heterocycles. The summed E-state index contributed by atoms with van der Waals surface area (Å²) in [6.45, 7) is 6.94. The van der Waals surface area contributed by atoms with Crippen molar-refractivity contribution >= 4 is 12.0 Å². The number of carbonyl (C=O) groups is 2. The maximum Gasteiger partial charge on any atom is 0.417 e. The van der Waals surface area contributed by atoms with Crippen molar-refractivity contribution in [1.82, 2.24) is 4.90 Å². The number of hydrogen-bond donors (Lipinski definition) is 0. The molecule has 4 heteroatoms. The van der Waals surface area contributed by atoms with Gasteiger partial charge in [-0.15, -0.1) is 0 Å². The monoisotopic (exact) mass is 245 g/mol. The lowest BCUT2D eigenvalue weighted by atomic mass is 10.0. The molecule has 1 aromatic carbocycles. The molecule has 1 aliphatic rings. The molecule has 18 heavy (non-hydrogen) atoms. The van der Waals surface area contributed by atoms with Gasteiger partial charge in [0.05, 0.1) is 6.04 Å². The molecule has 4 nitrogen and oxygen atoms in total. The van der Waals surface area contributed by atoms with E-state index in [1.807, 2.05) is 30.3 Å². The van der Waals surface area contributed by atoms with E-state index in [-0.39, 0.29) is 11.9 Å². The second-order valence-corrected chi connectivity index (χ2v) is 4.41. The summed E-state index contributed by atoms with van der Waals surface area (Å²) in [5, 5.41) is 0. The van der Waals surface area contributed by atoms with Crippen LogP contribution in [0.1, 0.15) is 25.5 Å². The summed E-state index contributed by atoms with van der Waals surface area (Å²) < 4.78 is 5.27. The van der Waals surface area contributed by atoms with Gasteiger partial charge in [0.2, 0.25) is 0 Å². The lowest BCUT2D eigenvalue weighted by Gasteiger charge is -2.19. The van der Waals surface area contributed by atoms with Crippen LogP contribution in [0.15, 0.2) is 42.5 Å². The zero-order valence-electron chi connectivity index (χ0n) is 10.4. The number of benzene rings is 1. The summed E-state index contributed by atoms with van der Waals surface area (Å²) >= 11 is 0. The van der Waals surface area contributed by atoms with Crippen LogP contribution in [0.5, 0.6) is 0 Å². The molecule has 1 aromatic rings. The van der Waals surface area contributed by atoms with Crippen molar-refractivity contribution in [2.75, 3.05) is 0 Å². The predicted octanol–water partition coefficient (Wildman–Crippen LogP) is 2.67. The molecule has 0 aromatic heterocycles. The number of cyclic esters (lactones) is 1. The van der Waals surface area contributed by atoms with E-state index >= 15 is 0 Å². The Balaban J connectivity index is 2.27. The van der Waals surface area contributed by atoms with Gasteiger partial charge in [-0.3, -0.25) is 4.79 Å². The third-order valence-electron chi connectivity index (χ3n) is 2.98. The van der Waals surface area contributed by atoms with Crippen LogP contribution in [-0.4, -0.2) is 22.9 Å². The second-order valence-electron chi connectivity index (χ2n) is 4.41. The highest BCUT2D eigenvalue weighted by Crippen LogP contribution is 2.32. The van der Waals surface area contributed by atoms with Crippen molar-refractivity contribution in [2.24, 2.45) is 0 Å². The van der Waals surface area contributed by atoms with Crippen LogP contribution in [-0.2, 0) is 9.53 Å². The fourth-order valence-corrected chi connectivity index (χ4v) is 2.03. The summed E-state index contributed by atoms with van der Waals surface area (Å²) in [4.78, 5) is 24.7. The molecule has 0 saturated carbocycles. The molecule has 1 fully saturated rings. The summed E-state index contributed by atoms with van der Waals surface area (Å²) in [6.07, 6.45) is -1.02. The van der Waals surface area contributed by atoms with Crippen molar-refractivity contribution in [3.05, 3.63) is 48.0 Å². The minimum atomic E-state index is -0.607. The predicted molar refractivity (Wildman–Crippen MR) is 66.8 cm³/mol. The Kier molecular flexibility index (Phi) is 3.19. The first kappa shape index (κ1) is 12.4. The molecule has 2 atom stereocenters. The van der Waals surface area contributed by atoms with E-state index in [0.717, 1.165) is 10.5 Å². The first-order valence-electron chi connectivity index (χ1n) is 5.77. The van der Waals surface area contributed by atoms with E-state index in [9.17, 15) is 9.59 Å². The van der Waals surface area contributed by atoms with Gasteiger partial charge in [-0.1, -0.05) is 36.9 Å². The average Bonchev–Trinajstić information content (AvgIpc) is 2.65. The van der Waals surface area contributed by atoms with Gasteiger partial charge in [0.15, 0.2) is 0 Å². The Morgan fingerprint density at radius 3 is 2.50 bits per heavy atom. The van der Waals surface area contributed by atoms with E-state index in [0.29, 0.717) is 5.57 Å². The first-order valence-corrected chi connectivity index (χ1v) is 5.77. The lowest BCUT2D eigenvalue weighted by molar-refractivity contribution is -0.125. The summed E-state index contributed by atoms with van der Waals surface area (Å²) in [6, 6.07) is 9.07. The summed E-state index contributed by atoms with van der Waals surface area (Å²) in [5.41, 5.74) is 1.21. The van der Waals surface area contributed by atoms with Crippen LogP contribution in [0.4, 0.5) is 4.79 Å². The molecule has 94 valence electrons. The molecular weight excluding hydrogens is 230 g/mol. The van der Waals surface area contributed by atoms with E-state index in [1.165, 1.54) is 0 Å². The second kappa shape index (κ2) is 4.64. The van der Waals surface area contributed by atoms with Crippen molar-refractivity contribution in [3.63, 3.8) is 0 Å². The molecule has 2 rings (SSSR count). The molecule has 0 radical (unpaired) electrons. The standard InChI is InChI=1S/C14H15NO3/c1-9(2)13(16)15-10(3)12(18-14(15)17)11-7-5-4-6-8-11/h4-8,10,12H,1H2,2-3H3/t10-,12-/m1/s1. The molecule has 0 bridgehead atoms. The minimum absolute atomic E-state index is 0.326. The quantitative estimate of drug-likeness (QED) is 0.752. The smallest absolute Gasteiger partial charge is 0.417 e. The molecule has 0 unspecified atom stereocenters. The molecule has 1 saturated heterocycles. The van der Waals surface area contributed by atoms with Crippen LogP contribution in [0, 0.1) is 0 Å². The summed E-state index contributed by atoms with van der Waals surface area (Å²) in [5.74, 6) is -0.383. The van der Waals surface area contributed by atoms with E-state index in [2.05, 4.69) is 6.58 Å². The Labute approximate surface area is 106 Å². The Bertz CT molecular complexity index is 495. The van der Waals surface area contributed by atoms with Crippen LogP contribution in [0.3, 0.4) is 0 Å². The summed E-state index contributed by atoms with van der Waals surface area (Å²) in [7, 11) is 0. The van der Waals surface area contributed by atoms with Gasteiger partial charge in [-0.05, 0) is 19.4 Å². The Morgan fingerprint density at radius 2 is 1.94 bits per heavy atom. The van der Waals surface area contributed by atoms with Gasteiger partial charge in [0.25, 0.3) is 5.91 Å². The minimum Gasteiger partial charge on any atom is -0.439 e. The Morgan fingerprint density at radius 1 is 1.33 bits per heavy atom. The SMILES string of the molecule is C=C(C)C(=O)N1C(=O)O[C@@H](c2ccccc2)[C@H]1C. The highest BCUT2D eigenvalue weighted by Gasteiger charge is 2.43. The van der Waals surface area contributed by atoms with Crippen LogP contribution in [0.2, 0.25) is 0 Å². The lowest BCUT2D eigenvalue weighted by Crippen LogP contribution is -2.38. The van der Waals surface area contributed by atoms with Crippen molar-refractivity contribution in [2.45, 2.75) is 26.0 Å². The third kappa shape index (κ3) is 2.01. The van der Waals surface area contributed by atoms with Gasteiger partial charge in [0, 0.05) is 5.57 Å². The van der Waals surface area contributed by atoms with Crippen LogP contribution in [0.25, 0.3) is 0 Å². The van der Waals surface area contributed by atoms with Gasteiger partial charge < -0.3 is 4.74 Å². The first-order chi connectivity index (χ1) is 8.52. The number of hydrogen-bond acceptors (Lipinski definition) is 3. The maximum atomic E-state index is 11.9. The normalized spacial score (nSPS) is 22.8. The van der Waals surface area contributed by atoms with E-state index in [4.69, 9.17) is 4.74 Å². The van der Waals surface area contributed by atoms with E-state index < -0.39 is 12.2 Å². The number of carbonyl (C=O) groups excluding carboxylic acids is 2. The van der Waals surface area contributed by atoms with Crippen molar-refractivity contribution in [3.8, 4) is 0 Å². The van der Waals surface area contributed by atoms with Crippen LogP contribution < -0.4 is 0 Å². The number of nitrogens with zero attached hydrogens (tertiary/aromatic N) is 1. The highest BCUT2D eigenvalue weighted by molar-refractivity contribution is 6.02. The Hall–Kier alpha value is -2.10. The molecule has 1 heterocycles.